The maximum atomic E-state index is 9.10. The summed E-state index contributed by atoms with van der Waals surface area (Å²) in [5.41, 5.74) is 2.95. The van der Waals surface area contributed by atoms with E-state index in [1.807, 2.05) is 30.3 Å². The molecule has 7 heteroatoms. The Morgan fingerprint density at radius 2 is 1.88 bits per heavy atom. The van der Waals surface area contributed by atoms with Crippen molar-refractivity contribution in [2.24, 2.45) is 0 Å². The number of aliphatic hydroxyl groups is 2. The van der Waals surface area contributed by atoms with Crippen molar-refractivity contribution in [1.29, 1.82) is 0 Å². The van der Waals surface area contributed by atoms with Crippen molar-refractivity contribution >= 4 is 11.8 Å². The van der Waals surface area contributed by atoms with Gasteiger partial charge in [0.2, 0.25) is 5.95 Å². The third-order valence-electron chi connectivity index (χ3n) is 4.17. The molecule has 3 rings (SSSR count). The summed E-state index contributed by atoms with van der Waals surface area (Å²) in [6.07, 6.45) is 0.957. The Bertz CT molecular complexity index is 673. The lowest BCUT2D eigenvalue weighted by molar-refractivity contribution is 0.193. The van der Waals surface area contributed by atoms with Crippen molar-refractivity contribution in [1.82, 2.24) is 9.97 Å². The Kier molecular flexibility index (Phi) is 6.16. The van der Waals surface area contributed by atoms with E-state index in [1.165, 1.54) is 0 Å². The van der Waals surface area contributed by atoms with Crippen molar-refractivity contribution in [2.75, 3.05) is 37.0 Å². The van der Waals surface area contributed by atoms with Gasteiger partial charge in [-0.2, -0.15) is 4.98 Å². The highest BCUT2D eigenvalue weighted by Crippen LogP contribution is 2.26. The first kappa shape index (κ1) is 17.6. The zero-order valence-electron chi connectivity index (χ0n) is 14.1. The molecule has 0 aliphatic carbocycles. The molecule has 4 N–H and O–H groups in total. The largest absolute Gasteiger partial charge is 0.395 e. The number of hydrogen-bond donors (Lipinski definition) is 4. The van der Waals surface area contributed by atoms with E-state index in [0.29, 0.717) is 25.6 Å². The van der Waals surface area contributed by atoms with Crippen LogP contribution in [0, 0.1) is 0 Å². The summed E-state index contributed by atoms with van der Waals surface area (Å²) in [7, 11) is 0. The van der Waals surface area contributed by atoms with E-state index in [2.05, 4.69) is 20.6 Å². The highest BCUT2D eigenvalue weighted by atomic mass is 16.5. The summed E-state index contributed by atoms with van der Waals surface area (Å²) in [6.45, 7) is 2.55. The first-order valence-electron chi connectivity index (χ1n) is 8.52. The van der Waals surface area contributed by atoms with Crippen LogP contribution in [0.5, 0.6) is 0 Å². The highest BCUT2D eigenvalue weighted by molar-refractivity contribution is 5.44. The number of benzene rings is 1. The first-order chi connectivity index (χ1) is 12.3. The van der Waals surface area contributed by atoms with E-state index in [9.17, 15) is 0 Å². The van der Waals surface area contributed by atoms with Crippen LogP contribution in [-0.4, -0.2) is 46.5 Å². The average molecular weight is 344 g/mol. The molecular weight excluding hydrogens is 320 g/mol. The summed E-state index contributed by atoms with van der Waals surface area (Å²) in [5, 5.41) is 24.5. The number of aromatic nitrogens is 2. The van der Waals surface area contributed by atoms with Gasteiger partial charge in [-0.15, -0.1) is 0 Å². The second kappa shape index (κ2) is 8.75. The summed E-state index contributed by atoms with van der Waals surface area (Å²) in [4.78, 5) is 9.02. The minimum atomic E-state index is 0.0279. The van der Waals surface area contributed by atoms with Crippen LogP contribution in [0.25, 0.3) is 0 Å². The van der Waals surface area contributed by atoms with Gasteiger partial charge in [-0.3, -0.25) is 0 Å². The van der Waals surface area contributed by atoms with E-state index in [-0.39, 0.29) is 19.1 Å². The molecule has 0 amide bonds. The maximum absolute atomic E-state index is 9.10. The number of aliphatic hydroxyl groups excluding tert-OH is 2. The fourth-order valence-corrected chi connectivity index (χ4v) is 2.74. The SMILES string of the molecule is OCCNc1nc(NCc2ccc(CO)cc2)cc([C@@H]2CCOC2)n1. The van der Waals surface area contributed by atoms with E-state index in [1.54, 1.807) is 0 Å². The second-order valence-corrected chi connectivity index (χ2v) is 6.04. The summed E-state index contributed by atoms with van der Waals surface area (Å²) < 4.78 is 5.46. The zero-order valence-corrected chi connectivity index (χ0v) is 14.1. The van der Waals surface area contributed by atoms with E-state index in [0.717, 1.165) is 35.7 Å². The molecular formula is C18H24N4O3. The second-order valence-electron chi connectivity index (χ2n) is 6.04. The maximum Gasteiger partial charge on any atom is 0.224 e. The zero-order chi connectivity index (χ0) is 17.5. The van der Waals surface area contributed by atoms with Crippen LogP contribution in [0.2, 0.25) is 0 Å². The summed E-state index contributed by atoms with van der Waals surface area (Å²) in [6, 6.07) is 9.75. The Morgan fingerprint density at radius 3 is 2.56 bits per heavy atom. The Hall–Kier alpha value is -2.22. The molecule has 25 heavy (non-hydrogen) atoms. The van der Waals surface area contributed by atoms with Gasteiger partial charge in [-0.05, 0) is 17.5 Å². The lowest BCUT2D eigenvalue weighted by atomic mass is 10.0. The van der Waals surface area contributed by atoms with Gasteiger partial charge in [-0.25, -0.2) is 4.98 Å². The standard InChI is InChI=1S/C18H24N4O3/c23-7-6-19-18-21-16(15-5-8-25-12-15)9-17(22-18)20-10-13-1-3-14(11-24)4-2-13/h1-4,9,15,23-24H,5-8,10-12H2,(H2,19,20,21,22)/t15-/m1/s1. The third-order valence-corrected chi connectivity index (χ3v) is 4.17. The fourth-order valence-electron chi connectivity index (χ4n) is 2.74. The molecule has 7 nitrogen and oxygen atoms in total. The lowest BCUT2D eigenvalue weighted by Gasteiger charge is -2.13. The van der Waals surface area contributed by atoms with Gasteiger partial charge < -0.3 is 25.6 Å². The molecule has 1 fully saturated rings. The Balaban J connectivity index is 1.72. The fraction of sp³-hybridized carbons (Fsp3) is 0.444. The molecule has 0 spiro atoms. The Morgan fingerprint density at radius 1 is 1.08 bits per heavy atom. The average Bonchev–Trinajstić information content (AvgIpc) is 3.20. The molecule has 0 bridgehead atoms. The molecule has 2 heterocycles. The van der Waals surface area contributed by atoms with Crippen LogP contribution in [-0.2, 0) is 17.9 Å². The topological polar surface area (TPSA) is 99.5 Å². The van der Waals surface area contributed by atoms with Crippen LogP contribution in [0.1, 0.15) is 29.2 Å². The van der Waals surface area contributed by atoms with Gasteiger partial charge in [0, 0.05) is 31.7 Å². The van der Waals surface area contributed by atoms with Crippen LogP contribution >= 0.6 is 0 Å². The number of rotatable bonds is 8. The van der Waals surface area contributed by atoms with Crippen molar-refractivity contribution < 1.29 is 14.9 Å². The molecule has 1 aliphatic rings. The van der Waals surface area contributed by atoms with Gasteiger partial charge in [0.05, 0.1) is 25.5 Å². The molecule has 1 aromatic carbocycles. The number of nitrogens with one attached hydrogen (secondary N) is 2. The van der Waals surface area contributed by atoms with Gasteiger partial charge in [0.15, 0.2) is 0 Å². The van der Waals surface area contributed by atoms with Crippen LogP contribution in [0.4, 0.5) is 11.8 Å². The molecule has 134 valence electrons. The molecule has 0 saturated carbocycles. The van der Waals surface area contributed by atoms with Crippen molar-refractivity contribution in [3.63, 3.8) is 0 Å². The Labute approximate surface area is 147 Å². The number of nitrogens with zero attached hydrogens (tertiary/aromatic N) is 2. The third kappa shape index (κ3) is 4.88. The highest BCUT2D eigenvalue weighted by Gasteiger charge is 2.20. The van der Waals surface area contributed by atoms with Crippen molar-refractivity contribution in [2.45, 2.75) is 25.5 Å². The van der Waals surface area contributed by atoms with Gasteiger partial charge >= 0.3 is 0 Å². The van der Waals surface area contributed by atoms with Gasteiger partial charge in [-0.1, -0.05) is 24.3 Å². The molecule has 1 aliphatic heterocycles. The number of ether oxygens (including phenoxy) is 1. The number of anilines is 2. The number of hydrogen-bond acceptors (Lipinski definition) is 7. The normalized spacial score (nSPS) is 16.8. The predicted octanol–water partition coefficient (Wildman–Crippen LogP) is 1.49. The van der Waals surface area contributed by atoms with Crippen LogP contribution in [0.3, 0.4) is 0 Å². The minimum Gasteiger partial charge on any atom is -0.395 e. The first-order valence-corrected chi connectivity index (χ1v) is 8.52. The lowest BCUT2D eigenvalue weighted by Crippen LogP contribution is -2.13. The van der Waals surface area contributed by atoms with E-state index in [4.69, 9.17) is 14.9 Å². The molecule has 0 radical (unpaired) electrons. The molecule has 0 unspecified atom stereocenters. The smallest absolute Gasteiger partial charge is 0.224 e. The van der Waals surface area contributed by atoms with E-state index >= 15 is 0 Å². The van der Waals surface area contributed by atoms with Gasteiger partial charge in [0.1, 0.15) is 5.82 Å². The van der Waals surface area contributed by atoms with E-state index < -0.39 is 0 Å². The summed E-state index contributed by atoms with van der Waals surface area (Å²) in [5.74, 6) is 1.53. The van der Waals surface area contributed by atoms with Crippen molar-refractivity contribution in [3.05, 3.63) is 47.2 Å². The molecule has 2 aromatic rings. The summed E-state index contributed by atoms with van der Waals surface area (Å²) >= 11 is 0. The van der Waals surface area contributed by atoms with Crippen LogP contribution < -0.4 is 10.6 Å². The van der Waals surface area contributed by atoms with Crippen molar-refractivity contribution in [3.8, 4) is 0 Å². The quantitative estimate of drug-likeness (QED) is 0.576. The van der Waals surface area contributed by atoms with Crippen LogP contribution in [0.15, 0.2) is 30.3 Å². The molecule has 1 saturated heterocycles. The predicted molar refractivity (Wildman–Crippen MR) is 95.5 cm³/mol. The minimum absolute atomic E-state index is 0.0279. The molecule has 1 aromatic heterocycles. The van der Waals surface area contributed by atoms with Gasteiger partial charge in [0.25, 0.3) is 0 Å². The monoisotopic (exact) mass is 344 g/mol. The molecule has 1 atom stereocenters.